The Kier molecular flexibility index (Phi) is 5.96. The molecular weight excluding hydrogens is 245 g/mol. The third kappa shape index (κ3) is 4.31. The van der Waals surface area contributed by atoms with Crippen molar-refractivity contribution in [3.8, 4) is 0 Å². The van der Waals surface area contributed by atoms with Crippen LogP contribution in [0.2, 0.25) is 0 Å². The molecule has 0 heterocycles. The van der Waals surface area contributed by atoms with Gasteiger partial charge in [0.05, 0.1) is 6.54 Å². The molecule has 1 unspecified atom stereocenters. The van der Waals surface area contributed by atoms with E-state index in [0.29, 0.717) is 12.0 Å². The van der Waals surface area contributed by atoms with Crippen LogP contribution < -0.4 is 5.32 Å². The highest BCUT2D eigenvalue weighted by molar-refractivity contribution is 5.75. The fourth-order valence-corrected chi connectivity index (χ4v) is 1.86. The number of halogens is 1. The number of benzene rings is 1. The smallest absolute Gasteiger partial charge is 0.220 e. The predicted octanol–water partition coefficient (Wildman–Crippen LogP) is 2.99. The molecule has 1 amide bonds. The molecule has 1 aromatic rings. The van der Waals surface area contributed by atoms with Crippen molar-refractivity contribution < 1.29 is 13.9 Å². The van der Waals surface area contributed by atoms with Crippen molar-refractivity contribution in [1.82, 2.24) is 5.32 Å². The summed E-state index contributed by atoms with van der Waals surface area (Å²) in [5.41, 5.74) is -0.402. The Balaban J connectivity index is 2.71. The fraction of sp³-hybridized carbons (Fsp3) is 0.533. The molecule has 0 saturated carbocycles. The molecule has 0 aliphatic rings. The Hall–Kier alpha value is -1.42. The van der Waals surface area contributed by atoms with Gasteiger partial charge in [-0.3, -0.25) is 4.79 Å². The second kappa shape index (κ2) is 7.24. The summed E-state index contributed by atoms with van der Waals surface area (Å²) in [5.74, 6) is -0.351. The van der Waals surface area contributed by atoms with Gasteiger partial charge in [0, 0.05) is 19.1 Å². The van der Waals surface area contributed by atoms with Crippen molar-refractivity contribution in [3.05, 3.63) is 35.6 Å². The molecule has 0 spiro atoms. The van der Waals surface area contributed by atoms with E-state index in [-0.39, 0.29) is 18.3 Å². The standard InChI is InChI=1S/C15H22FNO2/c1-4-5-10-14(18)17-11-15(2,19-3)12-8-6-7-9-13(12)16/h6-9H,4-5,10-11H2,1-3H3,(H,17,18). The van der Waals surface area contributed by atoms with Crippen molar-refractivity contribution in [2.24, 2.45) is 0 Å². The third-order valence-corrected chi connectivity index (χ3v) is 3.27. The van der Waals surface area contributed by atoms with E-state index in [1.165, 1.54) is 13.2 Å². The van der Waals surface area contributed by atoms with E-state index in [1.807, 2.05) is 6.92 Å². The maximum absolute atomic E-state index is 13.8. The molecule has 1 rings (SSSR count). The van der Waals surface area contributed by atoms with Crippen LogP contribution in [0.5, 0.6) is 0 Å². The summed E-state index contributed by atoms with van der Waals surface area (Å²) >= 11 is 0. The van der Waals surface area contributed by atoms with Gasteiger partial charge in [-0.05, 0) is 19.4 Å². The molecule has 0 bridgehead atoms. The van der Waals surface area contributed by atoms with Gasteiger partial charge in [-0.2, -0.15) is 0 Å². The lowest BCUT2D eigenvalue weighted by atomic mass is 9.95. The second-order valence-corrected chi connectivity index (χ2v) is 4.80. The molecule has 1 atom stereocenters. The molecule has 3 nitrogen and oxygen atoms in total. The fourth-order valence-electron chi connectivity index (χ4n) is 1.86. The third-order valence-electron chi connectivity index (χ3n) is 3.27. The van der Waals surface area contributed by atoms with E-state index in [9.17, 15) is 9.18 Å². The molecule has 0 aliphatic carbocycles. The minimum Gasteiger partial charge on any atom is -0.372 e. The molecule has 106 valence electrons. The number of nitrogens with one attached hydrogen (secondary N) is 1. The molecule has 1 aromatic carbocycles. The van der Waals surface area contributed by atoms with E-state index in [2.05, 4.69) is 5.32 Å². The first-order chi connectivity index (χ1) is 9.03. The van der Waals surface area contributed by atoms with Gasteiger partial charge in [0.2, 0.25) is 5.91 Å². The van der Waals surface area contributed by atoms with Crippen molar-refractivity contribution in [3.63, 3.8) is 0 Å². The molecule has 0 fully saturated rings. The quantitative estimate of drug-likeness (QED) is 0.824. The summed E-state index contributed by atoms with van der Waals surface area (Å²) in [6, 6.07) is 6.46. The number of ether oxygens (including phenoxy) is 1. The molecule has 4 heteroatoms. The Morgan fingerprint density at radius 1 is 1.42 bits per heavy atom. The van der Waals surface area contributed by atoms with Gasteiger partial charge >= 0.3 is 0 Å². The highest BCUT2D eigenvalue weighted by Crippen LogP contribution is 2.26. The zero-order chi connectivity index (χ0) is 14.3. The summed E-state index contributed by atoms with van der Waals surface area (Å²) in [6.45, 7) is 4.06. The molecule has 1 N–H and O–H groups in total. The predicted molar refractivity (Wildman–Crippen MR) is 73.3 cm³/mol. The lowest BCUT2D eigenvalue weighted by Crippen LogP contribution is -2.40. The molecule has 0 aromatic heterocycles. The van der Waals surface area contributed by atoms with Crippen molar-refractivity contribution >= 4 is 5.91 Å². The number of rotatable bonds is 7. The Morgan fingerprint density at radius 3 is 2.68 bits per heavy atom. The Morgan fingerprint density at radius 2 is 2.11 bits per heavy atom. The summed E-state index contributed by atoms with van der Waals surface area (Å²) < 4.78 is 19.2. The lowest BCUT2D eigenvalue weighted by molar-refractivity contribution is -0.122. The van der Waals surface area contributed by atoms with Gasteiger partial charge in [0.1, 0.15) is 11.4 Å². The average molecular weight is 267 g/mol. The first-order valence-electron chi connectivity index (χ1n) is 6.60. The number of methoxy groups -OCH3 is 1. The maximum atomic E-state index is 13.8. The van der Waals surface area contributed by atoms with Crippen LogP contribution in [0.25, 0.3) is 0 Å². The zero-order valence-electron chi connectivity index (χ0n) is 11.8. The van der Waals surface area contributed by atoms with Crippen LogP contribution in [-0.2, 0) is 15.1 Å². The van der Waals surface area contributed by atoms with E-state index in [0.717, 1.165) is 12.8 Å². The van der Waals surface area contributed by atoms with Crippen LogP contribution >= 0.6 is 0 Å². The Bertz CT molecular complexity index is 422. The van der Waals surface area contributed by atoms with Gasteiger partial charge in [-0.25, -0.2) is 4.39 Å². The van der Waals surface area contributed by atoms with E-state index >= 15 is 0 Å². The summed E-state index contributed by atoms with van der Waals surface area (Å²) in [5, 5.41) is 2.80. The van der Waals surface area contributed by atoms with Crippen LogP contribution in [0.3, 0.4) is 0 Å². The highest BCUT2D eigenvalue weighted by Gasteiger charge is 2.29. The normalized spacial score (nSPS) is 13.9. The number of hydrogen-bond donors (Lipinski definition) is 1. The second-order valence-electron chi connectivity index (χ2n) is 4.80. The summed E-state index contributed by atoms with van der Waals surface area (Å²) in [6.07, 6.45) is 2.32. The van der Waals surface area contributed by atoms with Gasteiger partial charge in [0.15, 0.2) is 0 Å². The number of hydrogen-bond acceptors (Lipinski definition) is 2. The highest BCUT2D eigenvalue weighted by atomic mass is 19.1. The van der Waals surface area contributed by atoms with Crippen molar-refractivity contribution in [2.45, 2.75) is 38.7 Å². The number of amides is 1. The zero-order valence-corrected chi connectivity index (χ0v) is 11.8. The molecular formula is C15H22FNO2. The largest absolute Gasteiger partial charge is 0.372 e. The first-order valence-corrected chi connectivity index (χ1v) is 6.60. The number of carbonyl (C=O) groups excluding carboxylic acids is 1. The lowest BCUT2D eigenvalue weighted by Gasteiger charge is -2.29. The van der Waals surface area contributed by atoms with Crippen LogP contribution in [0.1, 0.15) is 38.7 Å². The van der Waals surface area contributed by atoms with Gasteiger partial charge in [-0.15, -0.1) is 0 Å². The average Bonchev–Trinajstić information content (AvgIpc) is 2.43. The van der Waals surface area contributed by atoms with Gasteiger partial charge in [0.25, 0.3) is 0 Å². The molecule has 0 saturated heterocycles. The molecule has 0 aliphatic heterocycles. The van der Waals surface area contributed by atoms with E-state index in [4.69, 9.17) is 4.74 Å². The number of carbonyl (C=O) groups is 1. The van der Waals surface area contributed by atoms with Crippen molar-refractivity contribution in [2.75, 3.05) is 13.7 Å². The van der Waals surface area contributed by atoms with E-state index < -0.39 is 5.60 Å². The summed E-state index contributed by atoms with van der Waals surface area (Å²) in [7, 11) is 1.52. The molecule has 19 heavy (non-hydrogen) atoms. The number of unbranched alkanes of at least 4 members (excludes halogenated alkanes) is 1. The summed E-state index contributed by atoms with van der Waals surface area (Å²) in [4.78, 5) is 11.6. The topological polar surface area (TPSA) is 38.3 Å². The first kappa shape index (κ1) is 15.6. The Labute approximate surface area is 114 Å². The SMILES string of the molecule is CCCCC(=O)NCC(C)(OC)c1ccccc1F. The van der Waals surface area contributed by atoms with Crippen molar-refractivity contribution in [1.29, 1.82) is 0 Å². The van der Waals surface area contributed by atoms with Crippen LogP contribution in [0.4, 0.5) is 4.39 Å². The minimum absolute atomic E-state index is 0.0264. The van der Waals surface area contributed by atoms with Crippen LogP contribution in [0, 0.1) is 5.82 Å². The van der Waals surface area contributed by atoms with Crippen LogP contribution in [0.15, 0.2) is 24.3 Å². The van der Waals surface area contributed by atoms with Crippen LogP contribution in [-0.4, -0.2) is 19.6 Å². The monoisotopic (exact) mass is 267 g/mol. The van der Waals surface area contributed by atoms with Gasteiger partial charge in [-0.1, -0.05) is 31.5 Å². The van der Waals surface area contributed by atoms with Gasteiger partial charge < -0.3 is 10.1 Å². The van der Waals surface area contributed by atoms with E-state index in [1.54, 1.807) is 25.1 Å². The maximum Gasteiger partial charge on any atom is 0.220 e. The minimum atomic E-state index is -0.854. The molecule has 0 radical (unpaired) electrons.